The molecule has 3 N–H and O–H groups in total. The van der Waals surface area contributed by atoms with Crippen LogP contribution in [-0.4, -0.2) is 36.9 Å². The Hall–Kier alpha value is -2.57. The van der Waals surface area contributed by atoms with E-state index in [0.29, 0.717) is 11.4 Å². The average molecular weight is 319 g/mol. The Labute approximate surface area is 134 Å². The van der Waals surface area contributed by atoms with Gasteiger partial charge in [-0.15, -0.1) is 0 Å². The van der Waals surface area contributed by atoms with Crippen molar-refractivity contribution < 1.29 is 19.1 Å². The zero-order valence-corrected chi connectivity index (χ0v) is 13.5. The highest BCUT2D eigenvalue weighted by Gasteiger charge is 2.38. The number of hydrogen-bond donors (Lipinski definition) is 2. The minimum atomic E-state index is -1.15. The smallest absolute Gasteiger partial charge is 0.242 e. The largest absolute Gasteiger partial charge is 0.497 e. The highest BCUT2D eigenvalue weighted by Crippen LogP contribution is 2.28. The van der Waals surface area contributed by atoms with Crippen LogP contribution < -0.4 is 20.7 Å². The van der Waals surface area contributed by atoms with Gasteiger partial charge in [0.25, 0.3) is 0 Å². The molecule has 0 bridgehead atoms. The zero-order chi connectivity index (χ0) is 17.2. The summed E-state index contributed by atoms with van der Waals surface area (Å²) in [6, 6.07) is 7.09. The lowest BCUT2D eigenvalue weighted by Gasteiger charge is -2.24. The van der Waals surface area contributed by atoms with Crippen molar-refractivity contribution >= 4 is 23.4 Å². The number of ether oxygens (including phenoxy) is 1. The molecule has 1 aromatic carbocycles. The Kier molecular flexibility index (Phi) is 4.58. The molecule has 124 valence electrons. The fourth-order valence-electron chi connectivity index (χ4n) is 2.38. The van der Waals surface area contributed by atoms with Crippen LogP contribution in [0.1, 0.15) is 20.3 Å². The number of benzene rings is 1. The molecule has 1 aliphatic rings. The second-order valence-electron chi connectivity index (χ2n) is 6.09. The van der Waals surface area contributed by atoms with E-state index >= 15 is 0 Å². The third-order valence-corrected chi connectivity index (χ3v) is 3.91. The molecule has 1 atom stereocenters. The predicted octanol–water partition coefficient (Wildman–Crippen LogP) is 0.428. The first-order valence-electron chi connectivity index (χ1n) is 7.31. The van der Waals surface area contributed by atoms with Gasteiger partial charge in [0.1, 0.15) is 11.3 Å². The molecule has 1 fully saturated rings. The molecule has 1 aromatic rings. The molecule has 0 radical (unpaired) electrons. The van der Waals surface area contributed by atoms with Crippen LogP contribution in [0.25, 0.3) is 0 Å². The molecular weight excluding hydrogens is 298 g/mol. The first-order chi connectivity index (χ1) is 10.7. The van der Waals surface area contributed by atoms with Gasteiger partial charge in [-0.1, -0.05) is 6.07 Å². The van der Waals surface area contributed by atoms with Gasteiger partial charge in [-0.3, -0.25) is 14.4 Å². The SMILES string of the molecule is COc1cccc(N2CC(C(=O)NC(C)(C)C(N)=O)CC2=O)c1. The number of nitrogens with zero attached hydrogens (tertiary/aromatic N) is 1. The summed E-state index contributed by atoms with van der Waals surface area (Å²) in [5.74, 6) is -1.01. The van der Waals surface area contributed by atoms with Crippen LogP contribution in [-0.2, 0) is 14.4 Å². The Morgan fingerprint density at radius 3 is 2.70 bits per heavy atom. The van der Waals surface area contributed by atoms with E-state index in [1.807, 2.05) is 0 Å². The monoisotopic (exact) mass is 319 g/mol. The second-order valence-corrected chi connectivity index (χ2v) is 6.09. The number of hydrogen-bond acceptors (Lipinski definition) is 4. The molecule has 0 saturated carbocycles. The molecule has 7 nitrogen and oxygen atoms in total. The molecular formula is C16H21N3O4. The van der Waals surface area contributed by atoms with E-state index in [2.05, 4.69) is 5.32 Å². The van der Waals surface area contributed by atoms with Gasteiger partial charge in [-0.2, -0.15) is 0 Å². The van der Waals surface area contributed by atoms with Crippen LogP contribution in [0.4, 0.5) is 5.69 Å². The lowest BCUT2D eigenvalue weighted by atomic mass is 10.0. The average Bonchev–Trinajstić information content (AvgIpc) is 2.89. The van der Waals surface area contributed by atoms with Gasteiger partial charge in [0.15, 0.2) is 0 Å². The van der Waals surface area contributed by atoms with Crippen LogP contribution in [0.5, 0.6) is 5.75 Å². The normalized spacial score (nSPS) is 18.0. The summed E-state index contributed by atoms with van der Waals surface area (Å²) in [4.78, 5) is 37.3. The van der Waals surface area contributed by atoms with Crippen molar-refractivity contribution in [2.75, 3.05) is 18.6 Å². The number of carbonyl (C=O) groups is 3. The maximum atomic E-state index is 12.3. The molecule has 0 aromatic heterocycles. The summed E-state index contributed by atoms with van der Waals surface area (Å²) in [6.07, 6.45) is 0.0951. The molecule has 1 saturated heterocycles. The van der Waals surface area contributed by atoms with Crippen molar-refractivity contribution in [2.45, 2.75) is 25.8 Å². The number of anilines is 1. The maximum absolute atomic E-state index is 12.3. The molecule has 1 unspecified atom stereocenters. The highest BCUT2D eigenvalue weighted by molar-refractivity contribution is 6.01. The van der Waals surface area contributed by atoms with Gasteiger partial charge in [0, 0.05) is 24.7 Å². The summed E-state index contributed by atoms with van der Waals surface area (Å²) < 4.78 is 5.15. The number of nitrogens with one attached hydrogen (secondary N) is 1. The molecule has 1 aliphatic heterocycles. The topological polar surface area (TPSA) is 102 Å². The quantitative estimate of drug-likeness (QED) is 0.821. The summed E-state index contributed by atoms with van der Waals surface area (Å²) in [5.41, 5.74) is 4.78. The van der Waals surface area contributed by atoms with Crippen LogP contribution >= 0.6 is 0 Å². The summed E-state index contributed by atoms with van der Waals surface area (Å²) in [7, 11) is 1.55. The minimum absolute atomic E-state index is 0.0951. The summed E-state index contributed by atoms with van der Waals surface area (Å²) >= 11 is 0. The van der Waals surface area contributed by atoms with Crippen molar-refractivity contribution in [3.8, 4) is 5.75 Å². The zero-order valence-electron chi connectivity index (χ0n) is 13.5. The minimum Gasteiger partial charge on any atom is -0.497 e. The molecule has 3 amide bonds. The molecule has 0 spiro atoms. The lowest BCUT2D eigenvalue weighted by Crippen LogP contribution is -2.54. The van der Waals surface area contributed by atoms with Crippen LogP contribution in [0.15, 0.2) is 24.3 Å². The molecule has 1 heterocycles. The van der Waals surface area contributed by atoms with Crippen molar-refractivity contribution in [3.63, 3.8) is 0 Å². The number of amides is 3. The molecule has 0 aliphatic carbocycles. The Bertz CT molecular complexity index is 642. The van der Waals surface area contributed by atoms with Gasteiger partial charge in [0.2, 0.25) is 17.7 Å². The standard InChI is InChI=1S/C16H21N3O4/c1-16(2,15(17)22)18-14(21)10-7-13(20)19(9-10)11-5-4-6-12(8-11)23-3/h4-6,8,10H,7,9H2,1-3H3,(H2,17,22)(H,18,21). The number of nitrogens with two attached hydrogens (primary N) is 1. The van der Waals surface area contributed by atoms with Crippen molar-refractivity contribution in [2.24, 2.45) is 11.7 Å². The van der Waals surface area contributed by atoms with E-state index in [1.165, 1.54) is 13.8 Å². The van der Waals surface area contributed by atoms with Gasteiger partial charge in [-0.05, 0) is 26.0 Å². The van der Waals surface area contributed by atoms with Gasteiger partial charge in [0.05, 0.1) is 13.0 Å². The third kappa shape index (κ3) is 3.61. The first kappa shape index (κ1) is 16.8. The Balaban J connectivity index is 2.10. The third-order valence-electron chi connectivity index (χ3n) is 3.91. The van der Waals surface area contributed by atoms with Gasteiger partial charge < -0.3 is 20.7 Å². The van der Waals surface area contributed by atoms with Crippen molar-refractivity contribution in [1.29, 1.82) is 0 Å². The Morgan fingerprint density at radius 1 is 1.39 bits per heavy atom. The van der Waals surface area contributed by atoms with Gasteiger partial charge in [-0.25, -0.2) is 0 Å². The fraction of sp³-hybridized carbons (Fsp3) is 0.438. The van der Waals surface area contributed by atoms with E-state index in [-0.39, 0.29) is 24.8 Å². The summed E-state index contributed by atoms with van der Waals surface area (Å²) in [5, 5.41) is 2.60. The molecule has 2 rings (SSSR count). The maximum Gasteiger partial charge on any atom is 0.242 e. The number of primary amides is 1. The van der Waals surface area contributed by atoms with E-state index in [0.717, 1.165) is 0 Å². The van der Waals surface area contributed by atoms with E-state index in [1.54, 1.807) is 36.3 Å². The first-order valence-corrected chi connectivity index (χ1v) is 7.31. The highest BCUT2D eigenvalue weighted by atomic mass is 16.5. The van der Waals surface area contributed by atoms with Crippen LogP contribution in [0, 0.1) is 5.92 Å². The van der Waals surface area contributed by atoms with Crippen molar-refractivity contribution in [1.82, 2.24) is 5.32 Å². The van der Waals surface area contributed by atoms with E-state index in [9.17, 15) is 14.4 Å². The summed E-state index contributed by atoms with van der Waals surface area (Å²) in [6.45, 7) is 3.32. The molecule has 23 heavy (non-hydrogen) atoms. The van der Waals surface area contributed by atoms with Gasteiger partial charge >= 0.3 is 0 Å². The lowest BCUT2D eigenvalue weighted by molar-refractivity contribution is -0.132. The van der Waals surface area contributed by atoms with Crippen molar-refractivity contribution in [3.05, 3.63) is 24.3 Å². The van der Waals surface area contributed by atoms with E-state index < -0.39 is 17.4 Å². The Morgan fingerprint density at radius 2 is 2.09 bits per heavy atom. The second kappa shape index (κ2) is 6.28. The molecule has 7 heteroatoms. The number of rotatable bonds is 5. The van der Waals surface area contributed by atoms with E-state index in [4.69, 9.17) is 10.5 Å². The predicted molar refractivity (Wildman–Crippen MR) is 84.9 cm³/mol. The van der Waals surface area contributed by atoms with Crippen LogP contribution in [0.2, 0.25) is 0 Å². The van der Waals surface area contributed by atoms with Crippen LogP contribution in [0.3, 0.4) is 0 Å². The number of carbonyl (C=O) groups excluding carboxylic acids is 3. The fourth-order valence-corrected chi connectivity index (χ4v) is 2.38. The number of methoxy groups -OCH3 is 1.